The van der Waals surface area contributed by atoms with Crippen LogP contribution in [-0.2, 0) is 6.54 Å². The second-order valence-electron chi connectivity index (χ2n) is 9.34. The van der Waals surface area contributed by atoms with Gasteiger partial charge in [0.05, 0.1) is 12.2 Å². The second kappa shape index (κ2) is 8.95. The largest absolute Gasteiger partial charge is 0.543 e. The molecule has 1 heterocycles. The summed E-state index contributed by atoms with van der Waals surface area (Å²) in [6.45, 7) is 10.2. The number of halogens is 3. The van der Waals surface area contributed by atoms with Gasteiger partial charge < -0.3 is 14.3 Å². The van der Waals surface area contributed by atoms with Crippen LogP contribution in [0.3, 0.4) is 0 Å². The zero-order chi connectivity index (χ0) is 23.6. The summed E-state index contributed by atoms with van der Waals surface area (Å²) in [6, 6.07) is 16.4. The smallest absolute Gasteiger partial charge is 0.406 e. The van der Waals surface area contributed by atoms with Gasteiger partial charge in [0.15, 0.2) is 0 Å². The lowest BCUT2D eigenvalue weighted by Gasteiger charge is -2.36. The summed E-state index contributed by atoms with van der Waals surface area (Å²) in [5.74, 6) is 6.65. The lowest BCUT2D eigenvalue weighted by atomic mass is 10.2. The molecule has 0 fully saturated rings. The Bertz CT molecular complexity index is 1150. The van der Waals surface area contributed by atoms with Crippen LogP contribution in [-0.4, -0.2) is 25.6 Å². The summed E-state index contributed by atoms with van der Waals surface area (Å²) in [5.41, 5.74) is 1.73. The average Bonchev–Trinajstić information content (AvgIpc) is 3.00. The van der Waals surface area contributed by atoms with Crippen molar-refractivity contribution in [2.75, 3.05) is 11.9 Å². The molecule has 0 saturated carbocycles. The van der Waals surface area contributed by atoms with Crippen LogP contribution < -0.4 is 9.74 Å². The first-order valence-electron chi connectivity index (χ1n) is 10.5. The lowest BCUT2D eigenvalue weighted by molar-refractivity contribution is -0.140. The van der Waals surface area contributed by atoms with E-state index in [0.717, 1.165) is 16.8 Å². The molecule has 0 saturated heterocycles. The van der Waals surface area contributed by atoms with E-state index < -0.39 is 21.0 Å². The Morgan fingerprint density at radius 3 is 2.41 bits per heavy atom. The minimum absolute atomic E-state index is 0.0940. The van der Waals surface area contributed by atoms with Crippen molar-refractivity contribution in [1.29, 1.82) is 0 Å². The Kier molecular flexibility index (Phi) is 6.66. The minimum atomic E-state index is -4.32. The normalized spacial score (nSPS) is 12.4. The fourth-order valence-corrected chi connectivity index (χ4v) is 4.08. The van der Waals surface area contributed by atoms with Gasteiger partial charge >= 0.3 is 6.18 Å². The maximum atomic E-state index is 13.1. The third-order valence-electron chi connectivity index (χ3n) is 5.76. The van der Waals surface area contributed by atoms with E-state index in [1.165, 1.54) is 4.57 Å². The van der Waals surface area contributed by atoms with Gasteiger partial charge in [0, 0.05) is 22.7 Å². The predicted octanol–water partition coefficient (Wildman–Crippen LogP) is 7.05. The van der Waals surface area contributed by atoms with Crippen LogP contribution in [0.2, 0.25) is 18.1 Å². The number of nitrogens with one attached hydrogen (secondary N) is 1. The third-order valence-corrected chi connectivity index (χ3v) is 10.1. The molecule has 0 atom stereocenters. The number of rotatable bonds is 5. The molecule has 32 heavy (non-hydrogen) atoms. The second-order valence-corrected chi connectivity index (χ2v) is 14.1. The number of anilines is 1. The third kappa shape index (κ3) is 5.89. The number of alkyl halides is 3. The molecule has 3 aromatic rings. The molecule has 3 nitrogen and oxygen atoms in total. The molecule has 1 N–H and O–H groups in total. The Labute approximate surface area is 188 Å². The molecule has 2 aromatic carbocycles. The lowest BCUT2D eigenvalue weighted by Crippen LogP contribution is -2.43. The number of benzene rings is 2. The first-order chi connectivity index (χ1) is 14.9. The number of hydrogen-bond donors (Lipinski definition) is 1. The molecular weight excluding hydrogens is 429 g/mol. The molecular formula is C25H29F3N2OSi. The summed E-state index contributed by atoms with van der Waals surface area (Å²) < 4.78 is 46.8. The van der Waals surface area contributed by atoms with Crippen molar-refractivity contribution >= 4 is 24.9 Å². The van der Waals surface area contributed by atoms with Crippen molar-refractivity contribution in [3.05, 3.63) is 60.3 Å². The number of aromatic nitrogens is 1. The molecule has 0 unspecified atom stereocenters. The van der Waals surface area contributed by atoms with Crippen LogP contribution in [0, 0.1) is 11.8 Å². The summed E-state index contributed by atoms with van der Waals surface area (Å²) in [7, 11) is -1.94. The monoisotopic (exact) mass is 458 g/mol. The summed E-state index contributed by atoms with van der Waals surface area (Å²) >= 11 is 0. The standard InChI is InChI=1S/C25H29F3N2OSi/c1-24(2,3)32(4,5)31-22-13-8-11-20(17-22)29-15-9-12-21-16-19-10-6-7-14-23(19)30(21)18-25(26,27)28/h6-8,10-11,13-14,16-17,29H,15,18H2,1-5H3. The molecule has 0 radical (unpaired) electrons. The Morgan fingerprint density at radius 2 is 1.72 bits per heavy atom. The van der Waals surface area contributed by atoms with Crippen LogP contribution in [0.25, 0.3) is 10.9 Å². The first kappa shape index (κ1) is 23.8. The van der Waals surface area contributed by atoms with Gasteiger partial charge in [0.2, 0.25) is 8.32 Å². The van der Waals surface area contributed by atoms with E-state index in [0.29, 0.717) is 17.8 Å². The highest BCUT2D eigenvalue weighted by atomic mass is 28.4. The molecule has 7 heteroatoms. The average molecular weight is 459 g/mol. The van der Waals surface area contributed by atoms with Gasteiger partial charge in [-0.3, -0.25) is 0 Å². The van der Waals surface area contributed by atoms with E-state index >= 15 is 0 Å². The zero-order valence-corrected chi connectivity index (χ0v) is 20.1. The van der Waals surface area contributed by atoms with Gasteiger partial charge in [-0.15, -0.1) is 0 Å². The molecule has 0 amide bonds. The van der Waals surface area contributed by atoms with Gasteiger partial charge in [-0.1, -0.05) is 51.0 Å². The molecule has 0 spiro atoms. The van der Waals surface area contributed by atoms with Crippen LogP contribution >= 0.6 is 0 Å². The van der Waals surface area contributed by atoms with E-state index in [2.05, 4.69) is 51.0 Å². The highest BCUT2D eigenvalue weighted by Gasteiger charge is 2.39. The summed E-state index contributed by atoms with van der Waals surface area (Å²) in [4.78, 5) is 0. The number of hydrogen-bond acceptors (Lipinski definition) is 2. The SMILES string of the molecule is CC(C)(C)[Si](C)(C)Oc1cccc(NCC#Cc2cc3ccccc3n2CC(F)(F)F)c1. The van der Waals surface area contributed by atoms with Crippen LogP contribution in [0.5, 0.6) is 5.75 Å². The quantitative estimate of drug-likeness (QED) is 0.327. The number of fused-ring (bicyclic) bond motifs is 1. The minimum Gasteiger partial charge on any atom is -0.543 e. The topological polar surface area (TPSA) is 26.2 Å². The van der Waals surface area contributed by atoms with Crippen molar-refractivity contribution in [1.82, 2.24) is 4.57 Å². The van der Waals surface area contributed by atoms with Crippen molar-refractivity contribution < 1.29 is 17.6 Å². The van der Waals surface area contributed by atoms with E-state index in [9.17, 15) is 13.2 Å². The van der Waals surface area contributed by atoms with Crippen molar-refractivity contribution in [3.63, 3.8) is 0 Å². The van der Waals surface area contributed by atoms with Crippen LogP contribution in [0.4, 0.5) is 18.9 Å². The number of nitrogens with zero attached hydrogens (tertiary/aromatic N) is 1. The van der Waals surface area contributed by atoms with Crippen molar-refractivity contribution in [3.8, 4) is 17.6 Å². The summed E-state index contributed by atoms with van der Waals surface area (Å²) in [5, 5.41) is 4.05. The van der Waals surface area contributed by atoms with Crippen molar-refractivity contribution in [2.45, 2.75) is 51.6 Å². The maximum absolute atomic E-state index is 13.1. The predicted molar refractivity (Wildman–Crippen MR) is 128 cm³/mol. The Morgan fingerprint density at radius 1 is 1.00 bits per heavy atom. The van der Waals surface area contributed by atoms with E-state index in [-0.39, 0.29) is 5.04 Å². The molecule has 0 bridgehead atoms. The van der Waals surface area contributed by atoms with Gasteiger partial charge in [0.25, 0.3) is 0 Å². The fraction of sp³-hybridized carbons (Fsp3) is 0.360. The van der Waals surface area contributed by atoms with Gasteiger partial charge in [-0.05, 0) is 48.3 Å². The van der Waals surface area contributed by atoms with Crippen LogP contribution in [0.1, 0.15) is 26.5 Å². The Balaban J connectivity index is 1.73. The fourth-order valence-electron chi connectivity index (χ4n) is 3.06. The highest BCUT2D eigenvalue weighted by molar-refractivity contribution is 6.74. The zero-order valence-electron chi connectivity index (χ0n) is 19.1. The van der Waals surface area contributed by atoms with Crippen LogP contribution in [0.15, 0.2) is 54.6 Å². The van der Waals surface area contributed by atoms with E-state index in [1.807, 2.05) is 24.3 Å². The van der Waals surface area contributed by atoms with Gasteiger partial charge in [0.1, 0.15) is 12.3 Å². The molecule has 0 aliphatic rings. The highest BCUT2D eigenvalue weighted by Crippen LogP contribution is 2.37. The Hall–Kier alpha value is -2.85. The maximum Gasteiger partial charge on any atom is 0.406 e. The van der Waals surface area contributed by atoms with Gasteiger partial charge in [-0.2, -0.15) is 13.2 Å². The van der Waals surface area contributed by atoms with Gasteiger partial charge in [-0.25, -0.2) is 0 Å². The first-order valence-corrected chi connectivity index (χ1v) is 13.4. The molecule has 0 aliphatic heterocycles. The van der Waals surface area contributed by atoms with E-state index in [4.69, 9.17) is 4.43 Å². The van der Waals surface area contributed by atoms with Crippen molar-refractivity contribution in [2.24, 2.45) is 0 Å². The molecule has 1 aromatic heterocycles. The molecule has 170 valence electrons. The molecule has 3 rings (SSSR count). The van der Waals surface area contributed by atoms with E-state index in [1.54, 1.807) is 30.3 Å². The molecule has 0 aliphatic carbocycles. The summed E-state index contributed by atoms with van der Waals surface area (Å²) in [6.07, 6.45) is -4.32. The number of para-hydroxylation sites is 1.